The van der Waals surface area contributed by atoms with E-state index in [0.29, 0.717) is 5.75 Å². The van der Waals surface area contributed by atoms with Crippen LogP contribution in [-0.4, -0.2) is 35.2 Å². The molecule has 1 rings (SSSR count). The van der Waals surface area contributed by atoms with Crippen LogP contribution in [0.25, 0.3) is 0 Å². The van der Waals surface area contributed by atoms with Crippen LogP contribution in [0.1, 0.15) is 17.3 Å². The lowest BCUT2D eigenvalue weighted by Gasteiger charge is -2.22. The van der Waals surface area contributed by atoms with E-state index in [1.165, 1.54) is 17.8 Å². The van der Waals surface area contributed by atoms with Gasteiger partial charge in [0.15, 0.2) is 0 Å². The molecule has 1 aromatic rings. The molecule has 7 heteroatoms. The number of hydrogen-bond acceptors (Lipinski definition) is 3. The second-order valence-corrected chi connectivity index (χ2v) is 6.04. The molecule has 0 aliphatic heterocycles. The predicted octanol–water partition coefficient (Wildman–Crippen LogP) is 2.98. The van der Waals surface area contributed by atoms with E-state index >= 15 is 0 Å². The van der Waals surface area contributed by atoms with Gasteiger partial charge < -0.3 is 10.4 Å². The van der Waals surface area contributed by atoms with Gasteiger partial charge in [0, 0.05) is 12.3 Å². The van der Waals surface area contributed by atoms with Crippen LogP contribution in [0.5, 0.6) is 0 Å². The van der Waals surface area contributed by atoms with Gasteiger partial charge >= 0.3 is 0 Å². The van der Waals surface area contributed by atoms with E-state index in [1.807, 2.05) is 6.26 Å². The van der Waals surface area contributed by atoms with Gasteiger partial charge in [-0.25, -0.2) is 4.39 Å². The van der Waals surface area contributed by atoms with E-state index in [-0.39, 0.29) is 22.2 Å². The first kappa shape index (κ1) is 16.6. The Morgan fingerprint density at radius 1 is 1.47 bits per heavy atom. The molecule has 0 aliphatic carbocycles. The van der Waals surface area contributed by atoms with Gasteiger partial charge in [0.05, 0.1) is 21.2 Å². The molecule has 1 atom stereocenters. The Labute approximate surface area is 125 Å². The molecule has 1 aromatic carbocycles. The largest absolute Gasteiger partial charge is 0.387 e. The first-order chi connectivity index (χ1) is 8.76. The van der Waals surface area contributed by atoms with Gasteiger partial charge in [0.2, 0.25) is 0 Å². The van der Waals surface area contributed by atoms with Crippen molar-refractivity contribution < 1.29 is 14.3 Å². The van der Waals surface area contributed by atoms with E-state index in [2.05, 4.69) is 5.32 Å². The monoisotopic (exact) mass is 325 g/mol. The summed E-state index contributed by atoms with van der Waals surface area (Å²) in [5, 5.41) is 12.4. The third-order valence-electron chi connectivity index (χ3n) is 2.34. The zero-order chi connectivity index (χ0) is 14.6. The van der Waals surface area contributed by atoms with Crippen molar-refractivity contribution in [3.63, 3.8) is 0 Å². The molecule has 0 aliphatic rings. The summed E-state index contributed by atoms with van der Waals surface area (Å²) in [5.74, 6) is -0.801. The summed E-state index contributed by atoms with van der Waals surface area (Å²) in [6.45, 7) is 1.65. The molecule has 19 heavy (non-hydrogen) atoms. The van der Waals surface area contributed by atoms with E-state index in [4.69, 9.17) is 23.2 Å². The van der Waals surface area contributed by atoms with Gasteiger partial charge in [-0.2, -0.15) is 11.8 Å². The number of amides is 1. The summed E-state index contributed by atoms with van der Waals surface area (Å²) in [4.78, 5) is 11.9. The lowest BCUT2D eigenvalue weighted by molar-refractivity contribution is 0.0725. The minimum atomic E-state index is -1.04. The van der Waals surface area contributed by atoms with Crippen molar-refractivity contribution in [3.05, 3.63) is 33.6 Å². The van der Waals surface area contributed by atoms with Crippen LogP contribution in [0.4, 0.5) is 4.39 Å². The van der Waals surface area contributed by atoms with E-state index < -0.39 is 17.3 Å². The van der Waals surface area contributed by atoms with E-state index in [1.54, 1.807) is 6.92 Å². The molecule has 0 heterocycles. The second kappa shape index (κ2) is 6.79. The lowest BCUT2D eigenvalue weighted by Crippen LogP contribution is -2.42. The minimum Gasteiger partial charge on any atom is -0.387 e. The summed E-state index contributed by atoms with van der Waals surface area (Å²) < 4.78 is 13.3. The number of halogens is 3. The lowest BCUT2D eigenvalue weighted by atomic mass is 10.1. The zero-order valence-electron chi connectivity index (χ0n) is 10.5. The summed E-state index contributed by atoms with van der Waals surface area (Å²) in [6, 6.07) is 2.15. The highest BCUT2D eigenvalue weighted by Crippen LogP contribution is 2.24. The number of thioether (sulfide) groups is 1. The van der Waals surface area contributed by atoms with Gasteiger partial charge in [-0.05, 0) is 25.3 Å². The topological polar surface area (TPSA) is 49.3 Å². The van der Waals surface area contributed by atoms with Crippen molar-refractivity contribution in [2.45, 2.75) is 12.5 Å². The maximum atomic E-state index is 13.3. The quantitative estimate of drug-likeness (QED) is 0.818. The molecule has 3 nitrogen and oxygen atoms in total. The molecule has 1 amide bonds. The van der Waals surface area contributed by atoms with Gasteiger partial charge in [-0.1, -0.05) is 23.2 Å². The molecule has 0 radical (unpaired) electrons. The number of benzene rings is 1. The van der Waals surface area contributed by atoms with Crippen molar-refractivity contribution in [1.29, 1.82) is 0 Å². The molecular formula is C12H14Cl2FNO2S. The first-order valence-corrected chi connectivity index (χ1v) is 7.56. The van der Waals surface area contributed by atoms with Crippen LogP contribution >= 0.6 is 35.0 Å². The molecule has 0 aromatic heterocycles. The Balaban J connectivity index is 2.77. The molecule has 0 saturated carbocycles. The SMILES string of the molecule is CSCC(C)(O)CNC(=O)c1cc(F)c(Cl)cc1Cl. The standard InChI is InChI=1S/C12H14Cl2FNO2S/c1-12(18,6-19-2)5-16-11(17)7-3-10(15)9(14)4-8(7)13/h3-4,18H,5-6H2,1-2H3,(H,16,17). The van der Waals surface area contributed by atoms with Crippen LogP contribution < -0.4 is 5.32 Å². The fourth-order valence-electron chi connectivity index (χ4n) is 1.42. The predicted molar refractivity (Wildman–Crippen MR) is 77.8 cm³/mol. The van der Waals surface area contributed by atoms with Crippen LogP contribution in [-0.2, 0) is 0 Å². The van der Waals surface area contributed by atoms with Crippen molar-refractivity contribution >= 4 is 40.9 Å². The Hall–Kier alpha value is -0.490. The normalized spacial score (nSPS) is 14.0. The van der Waals surface area contributed by atoms with Crippen LogP contribution in [0, 0.1) is 5.82 Å². The van der Waals surface area contributed by atoms with Gasteiger partial charge in [-0.3, -0.25) is 4.79 Å². The van der Waals surface area contributed by atoms with Gasteiger partial charge in [0.25, 0.3) is 5.91 Å². The minimum absolute atomic E-state index is 0.0106. The Bertz CT molecular complexity index is 483. The molecule has 2 N–H and O–H groups in total. The summed E-state index contributed by atoms with van der Waals surface area (Å²) >= 11 is 12.8. The number of hydrogen-bond donors (Lipinski definition) is 2. The molecule has 0 bridgehead atoms. The fraction of sp³-hybridized carbons (Fsp3) is 0.417. The maximum Gasteiger partial charge on any atom is 0.253 e. The molecule has 0 saturated heterocycles. The first-order valence-electron chi connectivity index (χ1n) is 5.41. The summed E-state index contributed by atoms with van der Waals surface area (Å²) in [7, 11) is 0. The molecule has 0 spiro atoms. The smallest absolute Gasteiger partial charge is 0.253 e. The molecular weight excluding hydrogens is 312 g/mol. The maximum absolute atomic E-state index is 13.3. The molecule has 1 unspecified atom stereocenters. The van der Waals surface area contributed by atoms with Crippen LogP contribution in [0.15, 0.2) is 12.1 Å². The fourth-order valence-corrected chi connectivity index (χ4v) is 2.62. The Morgan fingerprint density at radius 2 is 2.11 bits per heavy atom. The Kier molecular flexibility index (Phi) is 5.92. The number of carbonyl (C=O) groups excluding carboxylic acids is 1. The number of nitrogens with one attached hydrogen (secondary N) is 1. The van der Waals surface area contributed by atoms with Crippen molar-refractivity contribution in [3.8, 4) is 0 Å². The summed E-state index contributed by atoms with van der Waals surface area (Å²) in [5.41, 5.74) is -1.05. The molecule has 0 fully saturated rings. The van der Waals surface area contributed by atoms with E-state index in [0.717, 1.165) is 6.07 Å². The van der Waals surface area contributed by atoms with Crippen molar-refractivity contribution in [2.24, 2.45) is 0 Å². The van der Waals surface area contributed by atoms with Crippen LogP contribution in [0.3, 0.4) is 0 Å². The van der Waals surface area contributed by atoms with Crippen LogP contribution in [0.2, 0.25) is 10.0 Å². The highest BCUT2D eigenvalue weighted by atomic mass is 35.5. The third-order valence-corrected chi connectivity index (χ3v) is 3.85. The second-order valence-electron chi connectivity index (χ2n) is 4.36. The van der Waals surface area contributed by atoms with Crippen molar-refractivity contribution in [2.75, 3.05) is 18.6 Å². The van der Waals surface area contributed by atoms with E-state index in [9.17, 15) is 14.3 Å². The highest BCUT2D eigenvalue weighted by Gasteiger charge is 2.22. The average Bonchev–Trinajstić information content (AvgIpc) is 2.31. The number of rotatable bonds is 5. The number of aliphatic hydroxyl groups is 1. The Morgan fingerprint density at radius 3 is 2.68 bits per heavy atom. The zero-order valence-corrected chi connectivity index (χ0v) is 12.8. The molecule has 106 valence electrons. The summed E-state index contributed by atoms with van der Waals surface area (Å²) in [6.07, 6.45) is 1.85. The van der Waals surface area contributed by atoms with Crippen molar-refractivity contribution in [1.82, 2.24) is 5.32 Å². The third kappa shape index (κ3) is 4.84. The van der Waals surface area contributed by atoms with Gasteiger partial charge in [0.1, 0.15) is 5.82 Å². The average molecular weight is 326 g/mol. The highest BCUT2D eigenvalue weighted by molar-refractivity contribution is 7.98. The number of carbonyl (C=O) groups is 1. The van der Waals surface area contributed by atoms with Gasteiger partial charge in [-0.15, -0.1) is 0 Å².